The van der Waals surface area contributed by atoms with Crippen LogP contribution in [0.25, 0.3) is 22.3 Å². The first kappa shape index (κ1) is 34.1. The molecule has 4 aliphatic carbocycles. The summed E-state index contributed by atoms with van der Waals surface area (Å²) < 4.78 is 0. The maximum atomic E-state index is 2.59. The van der Waals surface area contributed by atoms with E-state index in [1.165, 1.54) is 89.4 Å². The van der Waals surface area contributed by atoms with Crippen molar-refractivity contribution in [1.82, 2.24) is 0 Å². The van der Waals surface area contributed by atoms with Gasteiger partial charge in [-0.1, -0.05) is 185 Å². The molecule has 7 aromatic carbocycles. The lowest BCUT2D eigenvalue weighted by Gasteiger charge is -2.38. The number of rotatable bonds is 5. The van der Waals surface area contributed by atoms with Crippen LogP contribution >= 0.6 is 0 Å². The van der Waals surface area contributed by atoms with Crippen molar-refractivity contribution in [2.75, 3.05) is 4.90 Å². The van der Waals surface area contributed by atoms with Crippen LogP contribution in [0.2, 0.25) is 0 Å². The highest BCUT2D eigenvalue weighted by molar-refractivity contribution is 5.89. The number of allylic oxidation sites excluding steroid dienone is 3. The Balaban J connectivity index is 1.16. The molecule has 276 valence electrons. The van der Waals surface area contributed by atoms with Crippen LogP contribution in [0.4, 0.5) is 11.4 Å². The van der Waals surface area contributed by atoms with Gasteiger partial charge in [0.2, 0.25) is 0 Å². The highest BCUT2D eigenvalue weighted by atomic mass is 15.2. The van der Waals surface area contributed by atoms with Gasteiger partial charge in [0.25, 0.3) is 0 Å². The Morgan fingerprint density at radius 1 is 0.491 bits per heavy atom. The van der Waals surface area contributed by atoms with E-state index in [1.54, 1.807) is 0 Å². The van der Waals surface area contributed by atoms with E-state index in [9.17, 15) is 0 Å². The molecular weight excluding hydrogens is 687 g/mol. The first-order valence-corrected chi connectivity index (χ1v) is 20.6. The van der Waals surface area contributed by atoms with Crippen molar-refractivity contribution in [2.45, 2.75) is 56.8 Å². The number of fused-ring (bicyclic) bond motifs is 9. The second-order valence-corrected chi connectivity index (χ2v) is 17.7. The monoisotopic (exact) mass is 733 g/mol. The van der Waals surface area contributed by atoms with Crippen molar-refractivity contribution in [1.29, 1.82) is 0 Å². The molecule has 11 rings (SSSR count). The summed E-state index contributed by atoms with van der Waals surface area (Å²) in [6.07, 6.45) is 7.49. The summed E-state index contributed by atoms with van der Waals surface area (Å²) >= 11 is 0. The summed E-state index contributed by atoms with van der Waals surface area (Å²) in [4.78, 5) is 2.58. The summed E-state index contributed by atoms with van der Waals surface area (Å²) in [6.45, 7) is 12.0. The second kappa shape index (κ2) is 12.2. The molecule has 0 heterocycles. The zero-order valence-electron chi connectivity index (χ0n) is 33.4. The third-order valence-electron chi connectivity index (χ3n) is 14.3. The predicted octanol–water partition coefficient (Wildman–Crippen LogP) is 13.9. The number of anilines is 2. The van der Waals surface area contributed by atoms with Crippen LogP contribution in [0.15, 0.2) is 188 Å². The van der Waals surface area contributed by atoms with Gasteiger partial charge < -0.3 is 4.90 Å². The Hall–Kier alpha value is -6.18. The molecule has 0 radical (unpaired) electrons. The van der Waals surface area contributed by atoms with Gasteiger partial charge in [0.05, 0.1) is 5.41 Å². The fourth-order valence-corrected chi connectivity index (χ4v) is 11.5. The largest absolute Gasteiger partial charge is 0.311 e. The molecule has 1 nitrogen and oxygen atoms in total. The Kier molecular flexibility index (Phi) is 7.27. The normalized spacial score (nSPS) is 19.4. The van der Waals surface area contributed by atoms with Gasteiger partial charge in [-0.3, -0.25) is 0 Å². The molecule has 4 aliphatic rings. The maximum Gasteiger partial charge on any atom is 0.0716 e. The van der Waals surface area contributed by atoms with Gasteiger partial charge in [-0.05, 0) is 115 Å². The van der Waals surface area contributed by atoms with Crippen molar-refractivity contribution >= 4 is 11.4 Å². The van der Waals surface area contributed by atoms with Crippen LogP contribution in [-0.2, 0) is 16.2 Å². The molecule has 0 aromatic heterocycles. The fraction of sp³-hybridized carbons (Fsp3) is 0.179. The van der Waals surface area contributed by atoms with Crippen LogP contribution in [0.1, 0.15) is 83.7 Å². The van der Waals surface area contributed by atoms with Gasteiger partial charge >= 0.3 is 0 Å². The Morgan fingerprint density at radius 2 is 1.05 bits per heavy atom. The van der Waals surface area contributed by atoms with Crippen molar-refractivity contribution < 1.29 is 0 Å². The minimum Gasteiger partial charge on any atom is -0.311 e. The standard InChI is InChI=1S/C56H47N/c1-36-46(56(37-18-7-6-8-19-37)49-26-15-11-22-42(49)43-23-12-16-27-50(43)56)28-17-29-53(36)57(38-30-32-44-40-20-9-13-24-47(40)54(2,3)51(44)34-38)39-31-33-45-41-21-10-14-25-48(41)55(4,5)52(45)35-39/h6-35,44,51H,1-5H3. The lowest BCUT2D eigenvalue weighted by Crippen LogP contribution is -2.31. The van der Waals surface area contributed by atoms with E-state index < -0.39 is 5.41 Å². The van der Waals surface area contributed by atoms with Crippen molar-refractivity contribution in [2.24, 2.45) is 5.92 Å². The third kappa shape index (κ3) is 4.57. The molecule has 0 saturated heterocycles. The molecule has 7 aromatic rings. The third-order valence-corrected chi connectivity index (χ3v) is 14.3. The summed E-state index contributed by atoms with van der Waals surface area (Å²) in [6, 6.07) is 61.7. The molecular formula is C56H47N. The molecule has 0 fully saturated rings. The minimum atomic E-state index is -0.487. The molecule has 0 amide bonds. The van der Waals surface area contributed by atoms with E-state index in [4.69, 9.17) is 0 Å². The van der Waals surface area contributed by atoms with Crippen LogP contribution in [0.3, 0.4) is 0 Å². The van der Waals surface area contributed by atoms with Crippen molar-refractivity contribution in [3.8, 4) is 22.3 Å². The molecule has 0 aliphatic heterocycles. The van der Waals surface area contributed by atoms with Gasteiger partial charge in [0, 0.05) is 28.4 Å². The smallest absolute Gasteiger partial charge is 0.0716 e. The summed E-state index contributed by atoms with van der Waals surface area (Å²) in [5.74, 6) is 0.691. The molecule has 0 spiro atoms. The van der Waals surface area contributed by atoms with E-state index in [1.807, 2.05) is 0 Å². The molecule has 0 N–H and O–H groups in total. The van der Waals surface area contributed by atoms with Gasteiger partial charge in [0.1, 0.15) is 0 Å². The topological polar surface area (TPSA) is 3.24 Å². The quantitative estimate of drug-likeness (QED) is 0.170. The molecule has 1 heteroatoms. The molecule has 0 saturated carbocycles. The molecule has 57 heavy (non-hydrogen) atoms. The van der Waals surface area contributed by atoms with Crippen LogP contribution in [-0.4, -0.2) is 0 Å². The average molecular weight is 734 g/mol. The summed E-state index contributed by atoms with van der Waals surface area (Å²) in [5, 5.41) is 0. The van der Waals surface area contributed by atoms with E-state index in [0.717, 1.165) is 0 Å². The number of hydrogen-bond donors (Lipinski definition) is 0. The SMILES string of the molecule is Cc1c(N(C2=CC3C(C=C2)c2ccccc2C3(C)C)c2ccc3c(c2)C(C)(C)c2ccccc2-3)cccc1C1(c2ccccc2)c2ccccc2-c2ccccc21. The van der Waals surface area contributed by atoms with Crippen molar-refractivity contribution in [3.05, 3.63) is 238 Å². The Labute approximate surface area is 337 Å². The van der Waals surface area contributed by atoms with Gasteiger partial charge in [0.15, 0.2) is 0 Å². The minimum absolute atomic E-state index is 0.00393. The van der Waals surface area contributed by atoms with Crippen molar-refractivity contribution in [3.63, 3.8) is 0 Å². The molecule has 0 bridgehead atoms. The first-order valence-electron chi connectivity index (χ1n) is 20.6. The second-order valence-electron chi connectivity index (χ2n) is 17.7. The average Bonchev–Trinajstić information content (AvgIpc) is 3.77. The zero-order valence-corrected chi connectivity index (χ0v) is 33.4. The number of hydrogen-bond acceptors (Lipinski definition) is 1. The molecule has 2 atom stereocenters. The number of nitrogens with zero attached hydrogens (tertiary/aromatic N) is 1. The van der Waals surface area contributed by atoms with E-state index >= 15 is 0 Å². The predicted molar refractivity (Wildman–Crippen MR) is 238 cm³/mol. The first-order chi connectivity index (χ1) is 27.7. The highest BCUT2D eigenvalue weighted by Gasteiger charge is 2.48. The van der Waals surface area contributed by atoms with Crippen LogP contribution in [0, 0.1) is 12.8 Å². The van der Waals surface area contributed by atoms with Crippen LogP contribution < -0.4 is 4.90 Å². The highest BCUT2D eigenvalue weighted by Crippen LogP contribution is 2.59. The van der Waals surface area contributed by atoms with E-state index in [2.05, 4.69) is 222 Å². The summed E-state index contributed by atoms with van der Waals surface area (Å²) in [5.41, 5.74) is 20.6. The van der Waals surface area contributed by atoms with E-state index in [0.29, 0.717) is 11.8 Å². The van der Waals surface area contributed by atoms with Gasteiger partial charge in [-0.25, -0.2) is 0 Å². The lowest BCUT2D eigenvalue weighted by atomic mass is 9.66. The van der Waals surface area contributed by atoms with E-state index in [-0.39, 0.29) is 10.8 Å². The van der Waals surface area contributed by atoms with Gasteiger partial charge in [-0.15, -0.1) is 0 Å². The fourth-order valence-electron chi connectivity index (χ4n) is 11.5. The Bertz CT molecular complexity index is 2780. The number of benzene rings is 7. The zero-order chi connectivity index (χ0) is 38.7. The Morgan fingerprint density at radius 3 is 1.75 bits per heavy atom. The van der Waals surface area contributed by atoms with Gasteiger partial charge in [-0.2, -0.15) is 0 Å². The van der Waals surface area contributed by atoms with Crippen LogP contribution in [0.5, 0.6) is 0 Å². The lowest BCUT2D eigenvalue weighted by molar-refractivity contribution is 0.392. The summed E-state index contributed by atoms with van der Waals surface area (Å²) in [7, 11) is 0. The maximum absolute atomic E-state index is 2.59. The molecule has 2 unspecified atom stereocenters.